The summed E-state index contributed by atoms with van der Waals surface area (Å²) in [7, 11) is -4.02. The van der Waals surface area contributed by atoms with E-state index in [-0.39, 0.29) is 22.6 Å². The molecule has 1 N–H and O–H groups in total. The highest BCUT2D eigenvalue weighted by atomic mass is 35.5. The van der Waals surface area contributed by atoms with Crippen LogP contribution in [-0.2, 0) is 19.6 Å². The average molecular weight is 357 g/mol. The first-order chi connectivity index (χ1) is 10.9. The van der Waals surface area contributed by atoms with Crippen LogP contribution in [0.5, 0.6) is 0 Å². The molecule has 0 aliphatic heterocycles. The molecule has 2 saturated carbocycles. The van der Waals surface area contributed by atoms with Crippen LogP contribution < -0.4 is 4.72 Å². The van der Waals surface area contributed by atoms with Crippen LogP contribution in [0.4, 0.5) is 0 Å². The number of carbonyl (C=O) groups is 2. The van der Waals surface area contributed by atoms with Crippen LogP contribution in [0.25, 0.3) is 0 Å². The molecule has 2 aliphatic rings. The summed E-state index contributed by atoms with van der Waals surface area (Å²) < 4.78 is 26.5. The van der Waals surface area contributed by atoms with Gasteiger partial charge in [0.05, 0.1) is 5.02 Å². The number of Topliss-reactive ketones (excluding diaryl/α,β-unsaturated/α-hetero) is 1. The van der Waals surface area contributed by atoms with Gasteiger partial charge in [-0.1, -0.05) is 18.0 Å². The number of nitrogens with one attached hydrogen (secondary N) is 1. The van der Waals surface area contributed by atoms with E-state index in [1.54, 1.807) is 0 Å². The van der Waals surface area contributed by atoms with E-state index in [0.717, 1.165) is 19.3 Å². The van der Waals surface area contributed by atoms with Crippen molar-refractivity contribution >= 4 is 33.3 Å². The van der Waals surface area contributed by atoms with Crippen LogP contribution in [-0.4, -0.2) is 25.1 Å². The lowest BCUT2D eigenvalue weighted by molar-refractivity contribution is -0.137. The second-order valence-corrected chi connectivity index (χ2v) is 8.25. The first-order valence-electron chi connectivity index (χ1n) is 7.59. The maximum Gasteiger partial charge on any atom is 0.281 e. The van der Waals surface area contributed by atoms with Crippen molar-refractivity contribution in [3.8, 4) is 0 Å². The molecule has 2 aliphatic carbocycles. The fraction of sp³-hybridized carbons (Fsp3) is 0.533. The normalized spacial score (nSPS) is 27.5. The average Bonchev–Trinajstić information content (AvgIpc) is 2.46. The van der Waals surface area contributed by atoms with Gasteiger partial charge in [0, 0.05) is 24.0 Å². The van der Waals surface area contributed by atoms with Gasteiger partial charge in [0.25, 0.3) is 10.0 Å². The summed E-state index contributed by atoms with van der Waals surface area (Å²) in [5.41, 5.74) is 0. The summed E-state index contributed by atoms with van der Waals surface area (Å²) in [5.74, 6) is -0.956. The minimum Gasteiger partial charge on any atom is -0.299 e. The lowest BCUT2D eigenvalue weighted by Crippen LogP contribution is -2.44. The number of fused-ring (bicyclic) bond motifs is 2. The molecule has 1 aromatic heterocycles. The number of pyridine rings is 1. The molecule has 2 unspecified atom stereocenters. The molecule has 0 spiro atoms. The molecule has 2 atom stereocenters. The molecule has 1 amide bonds. The molecule has 0 radical (unpaired) electrons. The number of halogens is 1. The van der Waals surface area contributed by atoms with Crippen molar-refractivity contribution in [2.24, 2.45) is 17.8 Å². The van der Waals surface area contributed by atoms with Crippen LogP contribution in [0.15, 0.2) is 23.4 Å². The minimum absolute atomic E-state index is 0.102. The van der Waals surface area contributed by atoms with Crippen LogP contribution >= 0.6 is 11.6 Å². The van der Waals surface area contributed by atoms with Crippen molar-refractivity contribution in [2.75, 3.05) is 0 Å². The molecule has 124 valence electrons. The quantitative estimate of drug-likeness (QED) is 0.893. The van der Waals surface area contributed by atoms with Crippen molar-refractivity contribution in [1.82, 2.24) is 9.71 Å². The monoisotopic (exact) mass is 356 g/mol. The Morgan fingerprint density at radius 1 is 1.22 bits per heavy atom. The zero-order chi connectivity index (χ0) is 16.6. The zero-order valence-electron chi connectivity index (χ0n) is 12.4. The van der Waals surface area contributed by atoms with Crippen LogP contribution in [0, 0.1) is 17.8 Å². The second kappa shape index (κ2) is 6.20. The van der Waals surface area contributed by atoms with Gasteiger partial charge in [-0.2, -0.15) is 8.42 Å². The maximum atomic E-state index is 12.3. The van der Waals surface area contributed by atoms with Crippen LogP contribution in [0.2, 0.25) is 5.02 Å². The fourth-order valence-corrected chi connectivity index (χ4v) is 4.57. The Morgan fingerprint density at radius 2 is 1.87 bits per heavy atom. The van der Waals surface area contributed by atoms with Gasteiger partial charge in [0.1, 0.15) is 5.78 Å². The summed E-state index contributed by atoms with van der Waals surface area (Å²) in [6, 6.07) is 2.65. The van der Waals surface area contributed by atoms with Crippen molar-refractivity contribution in [2.45, 2.75) is 37.1 Å². The van der Waals surface area contributed by atoms with E-state index in [1.807, 2.05) is 0 Å². The van der Waals surface area contributed by atoms with Gasteiger partial charge in [-0.05, 0) is 37.8 Å². The topological polar surface area (TPSA) is 93.2 Å². The van der Waals surface area contributed by atoms with E-state index >= 15 is 0 Å². The number of sulfonamides is 1. The van der Waals surface area contributed by atoms with Gasteiger partial charge in [0.15, 0.2) is 5.03 Å². The molecule has 6 nitrogen and oxygen atoms in total. The minimum atomic E-state index is -4.02. The van der Waals surface area contributed by atoms with E-state index in [0.29, 0.717) is 17.9 Å². The summed E-state index contributed by atoms with van der Waals surface area (Å²) in [5, 5.41) is 0.0659. The molecule has 3 rings (SSSR count). The number of ketones is 1. The van der Waals surface area contributed by atoms with Gasteiger partial charge >= 0.3 is 0 Å². The SMILES string of the molecule is O=C(NS(=O)(=O)c1ccc(Cl)cn1)C1CC2CCCC(C1)C2=O. The summed E-state index contributed by atoms with van der Waals surface area (Å²) >= 11 is 5.68. The lowest BCUT2D eigenvalue weighted by Gasteiger charge is -2.36. The predicted molar refractivity (Wildman–Crippen MR) is 83.1 cm³/mol. The fourth-order valence-electron chi connectivity index (χ4n) is 3.48. The van der Waals surface area contributed by atoms with E-state index in [9.17, 15) is 18.0 Å². The smallest absolute Gasteiger partial charge is 0.281 e. The van der Waals surface area contributed by atoms with Crippen LogP contribution in [0.1, 0.15) is 32.1 Å². The first-order valence-corrected chi connectivity index (χ1v) is 9.45. The Labute approximate surface area is 139 Å². The molecule has 0 saturated heterocycles. The highest BCUT2D eigenvalue weighted by molar-refractivity contribution is 7.90. The third-order valence-corrected chi connectivity index (χ3v) is 6.11. The Kier molecular flexibility index (Phi) is 4.42. The van der Waals surface area contributed by atoms with Crippen LogP contribution in [0.3, 0.4) is 0 Å². The maximum absolute atomic E-state index is 12.3. The highest BCUT2D eigenvalue weighted by Gasteiger charge is 2.42. The Hall–Kier alpha value is -1.47. The number of aromatic nitrogens is 1. The van der Waals surface area contributed by atoms with Crippen molar-refractivity contribution in [3.05, 3.63) is 23.4 Å². The Morgan fingerprint density at radius 3 is 2.43 bits per heavy atom. The van der Waals surface area contributed by atoms with Gasteiger partial charge in [0.2, 0.25) is 5.91 Å². The van der Waals surface area contributed by atoms with Gasteiger partial charge in [-0.25, -0.2) is 9.71 Å². The third-order valence-electron chi connectivity index (χ3n) is 4.63. The standard InChI is InChI=1S/C15H17ClN2O4S/c16-12-4-5-13(17-8-12)23(21,22)18-15(20)11-6-9-2-1-3-10(7-11)14(9)19/h4-5,8-11H,1-3,6-7H2,(H,18,20). The van der Waals surface area contributed by atoms with Crippen molar-refractivity contribution < 1.29 is 18.0 Å². The van der Waals surface area contributed by atoms with E-state index in [1.165, 1.54) is 18.3 Å². The molecule has 0 aromatic carbocycles. The molecule has 1 aromatic rings. The van der Waals surface area contributed by atoms with E-state index in [4.69, 9.17) is 11.6 Å². The number of amides is 1. The molecule has 8 heteroatoms. The summed E-state index contributed by atoms with van der Waals surface area (Å²) in [6.07, 6.45) is 4.68. The molecule has 2 fully saturated rings. The summed E-state index contributed by atoms with van der Waals surface area (Å²) in [4.78, 5) is 28.1. The molecular weight excluding hydrogens is 340 g/mol. The van der Waals surface area contributed by atoms with Crippen molar-refractivity contribution in [3.63, 3.8) is 0 Å². The van der Waals surface area contributed by atoms with Gasteiger partial charge in [-0.15, -0.1) is 0 Å². The van der Waals surface area contributed by atoms with Gasteiger partial charge in [-0.3, -0.25) is 9.59 Å². The number of carbonyl (C=O) groups excluding carboxylic acids is 2. The lowest BCUT2D eigenvalue weighted by atomic mass is 9.67. The Balaban J connectivity index is 1.71. The van der Waals surface area contributed by atoms with E-state index < -0.39 is 21.8 Å². The third kappa shape index (κ3) is 3.40. The first kappa shape index (κ1) is 16.4. The van der Waals surface area contributed by atoms with Gasteiger partial charge < -0.3 is 0 Å². The summed E-state index contributed by atoms with van der Waals surface area (Å²) in [6.45, 7) is 0. The van der Waals surface area contributed by atoms with Crippen molar-refractivity contribution in [1.29, 1.82) is 0 Å². The molecule has 23 heavy (non-hydrogen) atoms. The number of hydrogen-bond donors (Lipinski definition) is 1. The highest BCUT2D eigenvalue weighted by Crippen LogP contribution is 2.40. The van der Waals surface area contributed by atoms with E-state index in [2.05, 4.69) is 9.71 Å². The molecule has 1 heterocycles. The number of nitrogens with zero attached hydrogens (tertiary/aromatic N) is 1. The largest absolute Gasteiger partial charge is 0.299 e. The predicted octanol–water partition coefficient (Wildman–Crippen LogP) is 1.94. The zero-order valence-corrected chi connectivity index (χ0v) is 13.9. The number of hydrogen-bond acceptors (Lipinski definition) is 5. The Bertz CT molecular complexity index is 716. The molecular formula is C15H17ClN2O4S. The molecule has 2 bridgehead atoms. The second-order valence-electron chi connectivity index (χ2n) is 6.18. The number of rotatable bonds is 3.